The van der Waals surface area contributed by atoms with E-state index in [9.17, 15) is 13.2 Å². The minimum atomic E-state index is -3.55. The zero-order chi connectivity index (χ0) is 17.2. The van der Waals surface area contributed by atoms with E-state index in [0.717, 1.165) is 18.4 Å². The number of rotatable bonds is 4. The van der Waals surface area contributed by atoms with Crippen LogP contribution in [0.3, 0.4) is 0 Å². The number of aromatic nitrogens is 1. The van der Waals surface area contributed by atoms with Crippen LogP contribution in [0.1, 0.15) is 24.0 Å². The Kier molecular flexibility index (Phi) is 4.51. The Morgan fingerprint density at radius 1 is 1.04 bits per heavy atom. The van der Waals surface area contributed by atoms with Crippen LogP contribution in [0.4, 0.5) is 0 Å². The van der Waals surface area contributed by atoms with Crippen LogP contribution in [-0.2, 0) is 16.6 Å². The first-order chi connectivity index (χ1) is 11.5. The number of sulfonamides is 1. The van der Waals surface area contributed by atoms with Crippen molar-refractivity contribution < 1.29 is 8.42 Å². The number of hydrogen-bond acceptors (Lipinski definition) is 4. The Morgan fingerprint density at radius 3 is 2.33 bits per heavy atom. The molecule has 0 unspecified atom stereocenters. The molecule has 124 valence electrons. The summed E-state index contributed by atoms with van der Waals surface area (Å²) in [5.41, 5.74) is 1.10. The van der Waals surface area contributed by atoms with Crippen molar-refractivity contribution in [3.05, 3.63) is 64.1 Å². The topological polar surface area (TPSA) is 83.2 Å². The molecule has 0 aliphatic carbocycles. The second-order valence-electron chi connectivity index (χ2n) is 5.75. The Morgan fingerprint density at radius 2 is 1.71 bits per heavy atom. The van der Waals surface area contributed by atoms with E-state index >= 15 is 0 Å². The largest absolute Gasteiger partial charge is 0.310 e. The summed E-state index contributed by atoms with van der Waals surface area (Å²) in [7, 11) is -3.55. The lowest BCUT2D eigenvalue weighted by atomic mass is 10.1. The van der Waals surface area contributed by atoms with Gasteiger partial charge in [-0.25, -0.2) is 8.42 Å². The molecular weight excluding hydrogens is 326 g/mol. The maximum absolute atomic E-state index is 12.6. The SMILES string of the molecule is N#Cc1ccc(Cn2cc(S(=O)(=O)N3CCCC3)ccc2=O)cc1. The standard InChI is InChI=1S/C17H17N3O3S/c18-11-14-3-5-15(6-4-14)12-19-13-16(7-8-17(19)21)24(22,23)20-9-1-2-10-20/h3-8,13H,1-2,9-10,12H2. The number of benzene rings is 1. The zero-order valence-corrected chi connectivity index (χ0v) is 13.9. The van der Waals surface area contributed by atoms with Gasteiger partial charge in [-0.15, -0.1) is 0 Å². The predicted molar refractivity (Wildman–Crippen MR) is 89.0 cm³/mol. The predicted octanol–water partition coefficient (Wildman–Crippen LogP) is 1.55. The average molecular weight is 343 g/mol. The molecule has 1 aliphatic rings. The molecule has 1 aromatic heterocycles. The monoisotopic (exact) mass is 343 g/mol. The number of hydrogen-bond donors (Lipinski definition) is 0. The summed E-state index contributed by atoms with van der Waals surface area (Å²) in [5.74, 6) is 0. The molecule has 24 heavy (non-hydrogen) atoms. The van der Waals surface area contributed by atoms with Crippen LogP contribution < -0.4 is 5.56 Å². The van der Waals surface area contributed by atoms with Gasteiger partial charge in [-0.3, -0.25) is 4.79 Å². The Labute approximate surface area is 140 Å². The number of nitriles is 1. The van der Waals surface area contributed by atoms with E-state index < -0.39 is 10.0 Å². The fourth-order valence-corrected chi connectivity index (χ4v) is 4.28. The second kappa shape index (κ2) is 6.59. The highest BCUT2D eigenvalue weighted by Crippen LogP contribution is 2.20. The smallest absolute Gasteiger partial charge is 0.250 e. The molecule has 0 bridgehead atoms. The fraction of sp³-hybridized carbons (Fsp3) is 0.294. The molecule has 7 heteroatoms. The molecule has 1 aliphatic heterocycles. The van der Waals surface area contributed by atoms with Crippen LogP contribution in [0.25, 0.3) is 0 Å². The van der Waals surface area contributed by atoms with Crippen LogP contribution in [-0.4, -0.2) is 30.4 Å². The summed E-state index contributed by atoms with van der Waals surface area (Å²) >= 11 is 0. The molecule has 0 radical (unpaired) electrons. The Hall–Kier alpha value is -2.43. The lowest BCUT2D eigenvalue weighted by Gasteiger charge is -2.16. The summed E-state index contributed by atoms with van der Waals surface area (Å²) in [4.78, 5) is 12.2. The van der Waals surface area contributed by atoms with Crippen LogP contribution in [0.2, 0.25) is 0 Å². The van der Waals surface area contributed by atoms with Gasteiger partial charge in [0, 0.05) is 25.4 Å². The van der Waals surface area contributed by atoms with Gasteiger partial charge in [0.1, 0.15) is 0 Å². The molecule has 0 atom stereocenters. The molecule has 2 aromatic rings. The van der Waals surface area contributed by atoms with E-state index in [1.165, 1.54) is 27.2 Å². The molecular formula is C17H17N3O3S. The molecule has 0 amide bonds. The van der Waals surface area contributed by atoms with Crippen molar-refractivity contribution in [3.63, 3.8) is 0 Å². The van der Waals surface area contributed by atoms with E-state index in [4.69, 9.17) is 5.26 Å². The van der Waals surface area contributed by atoms with E-state index in [1.54, 1.807) is 24.3 Å². The van der Waals surface area contributed by atoms with Gasteiger partial charge in [0.05, 0.1) is 23.1 Å². The van der Waals surface area contributed by atoms with E-state index in [0.29, 0.717) is 18.7 Å². The third-order valence-electron chi connectivity index (χ3n) is 4.10. The lowest BCUT2D eigenvalue weighted by Crippen LogP contribution is -2.29. The Balaban J connectivity index is 1.91. The van der Waals surface area contributed by atoms with Gasteiger partial charge in [0.25, 0.3) is 5.56 Å². The van der Waals surface area contributed by atoms with Gasteiger partial charge in [-0.2, -0.15) is 9.57 Å². The number of nitrogens with zero attached hydrogens (tertiary/aromatic N) is 3. The van der Waals surface area contributed by atoms with Crippen LogP contribution in [0.5, 0.6) is 0 Å². The first kappa shape index (κ1) is 16.4. The van der Waals surface area contributed by atoms with Gasteiger partial charge < -0.3 is 4.57 Å². The highest BCUT2D eigenvalue weighted by Gasteiger charge is 2.27. The van der Waals surface area contributed by atoms with Crippen molar-refractivity contribution in [1.29, 1.82) is 5.26 Å². The molecule has 0 spiro atoms. The highest BCUT2D eigenvalue weighted by molar-refractivity contribution is 7.89. The number of pyridine rings is 1. The Bertz CT molecular complexity index is 934. The van der Waals surface area contributed by atoms with Crippen molar-refractivity contribution in [2.45, 2.75) is 24.3 Å². The molecule has 0 saturated carbocycles. The zero-order valence-electron chi connectivity index (χ0n) is 13.1. The molecule has 1 aromatic carbocycles. The quantitative estimate of drug-likeness (QED) is 0.843. The molecule has 1 fully saturated rings. The molecule has 2 heterocycles. The summed E-state index contributed by atoms with van der Waals surface area (Å²) in [6.07, 6.45) is 3.13. The molecule has 1 saturated heterocycles. The van der Waals surface area contributed by atoms with Gasteiger partial charge in [0.15, 0.2) is 0 Å². The summed E-state index contributed by atoms with van der Waals surface area (Å²) in [6.45, 7) is 1.31. The molecule has 3 rings (SSSR count). The van der Waals surface area contributed by atoms with Crippen molar-refractivity contribution in [2.24, 2.45) is 0 Å². The van der Waals surface area contributed by atoms with E-state index in [1.807, 2.05) is 6.07 Å². The minimum absolute atomic E-state index is 0.137. The average Bonchev–Trinajstić information content (AvgIpc) is 3.13. The van der Waals surface area contributed by atoms with Crippen LogP contribution in [0, 0.1) is 11.3 Å². The first-order valence-corrected chi connectivity index (χ1v) is 9.14. The summed E-state index contributed by atoms with van der Waals surface area (Å²) in [5, 5.41) is 8.82. The van der Waals surface area contributed by atoms with Crippen LogP contribution in [0.15, 0.2) is 52.3 Å². The third-order valence-corrected chi connectivity index (χ3v) is 5.98. The minimum Gasteiger partial charge on any atom is -0.310 e. The van der Waals surface area contributed by atoms with Gasteiger partial charge in [0.2, 0.25) is 10.0 Å². The van der Waals surface area contributed by atoms with E-state index in [2.05, 4.69) is 0 Å². The van der Waals surface area contributed by atoms with Crippen molar-refractivity contribution in [2.75, 3.05) is 13.1 Å². The van der Waals surface area contributed by atoms with Crippen molar-refractivity contribution in [3.8, 4) is 6.07 Å². The summed E-state index contributed by atoms with van der Waals surface area (Å²) < 4.78 is 28.1. The normalized spacial score (nSPS) is 15.3. The molecule has 6 nitrogen and oxygen atoms in total. The van der Waals surface area contributed by atoms with E-state index in [-0.39, 0.29) is 17.0 Å². The fourth-order valence-electron chi connectivity index (χ4n) is 2.74. The van der Waals surface area contributed by atoms with Gasteiger partial charge >= 0.3 is 0 Å². The van der Waals surface area contributed by atoms with Crippen molar-refractivity contribution >= 4 is 10.0 Å². The molecule has 0 N–H and O–H groups in total. The lowest BCUT2D eigenvalue weighted by molar-refractivity contribution is 0.476. The maximum Gasteiger partial charge on any atom is 0.250 e. The maximum atomic E-state index is 12.6. The van der Waals surface area contributed by atoms with Gasteiger partial charge in [-0.1, -0.05) is 12.1 Å². The van der Waals surface area contributed by atoms with Crippen molar-refractivity contribution in [1.82, 2.24) is 8.87 Å². The van der Waals surface area contributed by atoms with Crippen LogP contribution >= 0.6 is 0 Å². The second-order valence-corrected chi connectivity index (χ2v) is 7.69. The first-order valence-electron chi connectivity index (χ1n) is 7.70. The highest BCUT2D eigenvalue weighted by atomic mass is 32.2. The third kappa shape index (κ3) is 3.25. The van der Waals surface area contributed by atoms with Gasteiger partial charge in [-0.05, 0) is 36.6 Å². The summed E-state index contributed by atoms with van der Waals surface area (Å²) in [6, 6.07) is 11.5.